The van der Waals surface area contributed by atoms with Crippen molar-refractivity contribution in [3.05, 3.63) is 22.4 Å². The number of carbonyl (C=O) groups is 1. The largest absolute Gasteiger partial charge is 0.302 e. The zero-order valence-corrected chi connectivity index (χ0v) is 8.17. The predicted octanol–water partition coefficient (Wildman–Crippen LogP) is 1.94. The maximum absolute atomic E-state index is 10.3. The van der Waals surface area contributed by atoms with E-state index in [1.807, 2.05) is 18.0 Å². The maximum Gasteiger partial charge on any atom is 0.133 e. The molecule has 0 spiro atoms. The summed E-state index contributed by atoms with van der Waals surface area (Å²) in [4.78, 5) is 13.6. The lowest BCUT2D eigenvalue weighted by Gasteiger charge is -2.20. The molecule has 2 nitrogen and oxygen atoms in total. The molecular formula is C9H13NOS. The van der Waals surface area contributed by atoms with Crippen molar-refractivity contribution >= 4 is 17.6 Å². The van der Waals surface area contributed by atoms with Crippen molar-refractivity contribution in [1.82, 2.24) is 4.90 Å². The van der Waals surface area contributed by atoms with Gasteiger partial charge in [-0.3, -0.25) is 4.90 Å². The van der Waals surface area contributed by atoms with E-state index in [0.29, 0.717) is 12.6 Å². The topological polar surface area (TPSA) is 20.3 Å². The molecule has 0 saturated carbocycles. The fraction of sp³-hybridized carbons (Fsp3) is 0.444. The Morgan fingerprint density at radius 1 is 1.75 bits per heavy atom. The van der Waals surface area contributed by atoms with E-state index in [4.69, 9.17) is 0 Å². The van der Waals surface area contributed by atoms with Crippen LogP contribution in [0.2, 0.25) is 0 Å². The van der Waals surface area contributed by atoms with Gasteiger partial charge in [0.05, 0.1) is 6.54 Å². The number of hydrogen-bond donors (Lipinski definition) is 0. The first-order valence-electron chi connectivity index (χ1n) is 3.93. The Bertz CT molecular complexity index is 233. The second-order valence-electron chi connectivity index (χ2n) is 2.80. The van der Waals surface area contributed by atoms with E-state index in [0.717, 1.165) is 6.29 Å². The molecule has 0 N–H and O–H groups in total. The molecule has 1 unspecified atom stereocenters. The highest BCUT2D eigenvalue weighted by Gasteiger charge is 2.10. The summed E-state index contributed by atoms with van der Waals surface area (Å²) in [7, 11) is 1.96. The van der Waals surface area contributed by atoms with Crippen LogP contribution in [0, 0.1) is 0 Å². The predicted molar refractivity (Wildman–Crippen MR) is 51.4 cm³/mol. The maximum atomic E-state index is 10.3. The molecule has 1 rings (SSSR count). The minimum atomic E-state index is 0.343. The van der Waals surface area contributed by atoms with Gasteiger partial charge in [-0.1, -0.05) is 6.07 Å². The van der Waals surface area contributed by atoms with Gasteiger partial charge in [0.2, 0.25) is 0 Å². The van der Waals surface area contributed by atoms with Crippen molar-refractivity contribution in [2.24, 2.45) is 0 Å². The Kier molecular flexibility index (Phi) is 3.44. The molecule has 0 amide bonds. The van der Waals surface area contributed by atoms with E-state index in [1.165, 1.54) is 4.88 Å². The minimum absolute atomic E-state index is 0.343. The smallest absolute Gasteiger partial charge is 0.133 e. The molecule has 0 saturated heterocycles. The van der Waals surface area contributed by atoms with Crippen molar-refractivity contribution in [2.45, 2.75) is 13.0 Å². The van der Waals surface area contributed by atoms with Gasteiger partial charge in [-0.2, -0.15) is 0 Å². The Hall–Kier alpha value is -0.670. The quantitative estimate of drug-likeness (QED) is 0.665. The number of likely N-dealkylation sites (N-methyl/N-ethyl adjacent to an activating group) is 1. The molecule has 12 heavy (non-hydrogen) atoms. The van der Waals surface area contributed by atoms with Crippen LogP contribution in [0.4, 0.5) is 0 Å². The number of thiophene rings is 1. The highest BCUT2D eigenvalue weighted by Crippen LogP contribution is 2.22. The first-order chi connectivity index (χ1) is 5.75. The van der Waals surface area contributed by atoms with E-state index in [1.54, 1.807) is 11.3 Å². The molecule has 0 aliphatic carbocycles. The van der Waals surface area contributed by atoms with Gasteiger partial charge in [0.25, 0.3) is 0 Å². The van der Waals surface area contributed by atoms with E-state index < -0.39 is 0 Å². The van der Waals surface area contributed by atoms with Gasteiger partial charge in [-0.15, -0.1) is 11.3 Å². The van der Waals surface area contributed by atoms with E-state index >= 15 is 0 Å². The summed E-state index contributed by atoms with van der Waals surface area (Å²) < 4.78 is 0. The number of aldehydes is 1. The van der Waals surface area contributed by atoms with E-state index in [9.17, 15) is 4.79 Å². The molecule has 1 aromatic rings. The van der Waals surface area contributed by atoms with Crippen LogP contribution < -0.4 is 0 Å². The SMILES string of the molecule is CC(c1cccs1)N(C)CC=O. The fourth-order valence-corrected chi connectivity index (χ4v) is 1.87. The van der Waals surface area contributed by atoms with Crippen molar-refractivity contribution in [3.63, 3.8) is 0 Å². The van der Waals surface area contributed by atoms with E-state index in [-0.39, 0.29) is 0 Å². The molecule has 0 aliphatic heterocycles. The standard InChI is InChI=1S/C9H13NOS/c1-8(10(2)5-6-11)9-4-3-7-12-9/h3-4,6-8H,5H2,1-2H3. The molecule has 0 bridgehead atoms. The number of rotatable bonds is 4. The summed E-state index contributed by atoms with van der Waals surface area (Å²) >= 11 is 1.73. The fourth-order valence-electron chi connectivity index (χ4n) is 1.02. The molecule has 0 radical (unpaired) electrons. The lowest BCUT2D eigenvalue weighted by Crippen LogP contribution is -2.23. The zero-order valence-electron chi connectivity index (χ0n) is 7.36. The minimum Gasteiger partial charge on any atom is -0.302 e. The summed E-state index contributed by atoms with van der Waals surface area (Å²) in [6.07, 6.45) is 0.935. The van der Waals surface area contributed by atoms with Crippen molar-refractivity contribution < 1.29 is 4.79 Å². The number of hydrogen-bond acceptors (Lipinski definition) is 3. The monoisotopic (exact) mass is 183 g/mol. The molecule has 3 heteroatoms. The first-order valence-corrected chi connectivity index (χ1v) is 4.81. The van der Waals surface area contributed by atoms with Gasteiger partial charge < -0.3 is 4.79 Å². The summed E-state index contributed by atoms with van der Waals surface area (Å²) in [6, 6.07) is 4.47. The van der Waals surface area contributed by atoms with Gasteiger partial charge in [0, 0.05) is 10.9 Å². The number of carbonyl (C=O) groups excluding carboxylic acids is 1. The van der Waals surface area contributed by atoms with Gasteiger partial charge in [0.1, 0.15) is 6.29 Å². The van der Waals surface area contributed by atoms with Gasteiger partial charge in [-0.05, 0) is 25.4 Å². The van der Waals surface area contributed by atoms with E-state index in [2.05, 4.69) is 18.4 Å². The Morgan fingerprint density at radius 2 is 2.50 bits per heavy atom. The van der Waals surface area contributed by atoms with Crippen LogP contribution in [0.25, 0.3) is 0 Å². The van der Waals surface area contributed by atoms with Gasteiger partial charge in [-0.25, -0.2) is 0 Å². The molecule has 66 valence electrons. The molecule has 0 aromatic carbocycles. The third-order valence-electron chi connectivity index (χ3n) is 1.98. The Balaban J connectivity index is 2.58. The molecule has 0 fully saturated rings. The summed E-state index contributed by atoms with van der Waals surface area (Å²) in [6.45, 7) is 2.61. The molecule has 0 aliphatic rings. The summed E-state index contributed by atoms with van der Waals surface area (Å²) in [5.74, 6) is 0. The van der Waals surface area contributed by atoms with Crippen LogP contribution in [0.3, 0.4) is 0 Å². The lowest BCUT2D eigenvalue weighted by atomic mass is 10.2. The van der Waals surface area contributed by atoms with Crippen LogP contribution in [0.5, 0.6) is 0 Å². The normalized spacial score (nSPS) is 13.2. The van der Waals surface area contributed by atoms with Gasteiger partial charge >= 0.3 is 0 Å². The van der Waals surface area contributed by atoms with Crippen molar-refractivity contribution in [1.29, 1.82) is 0 Å². The highest BCUT2D eigenvalue weighted by atomic mass is 32.1. The van der Waals surface area contributed by atoms with Crippen LogP contribution in [0.1, 0.15) is 17.8 Å². The van der Waals surface area contributed by atoms with Gasteiger partial charge in [0.15, 0.2) is 0 Å². The van der Waals surface area contributed by atoms with Crippen LogP contribution in [-0.2, 0) is 4.79 Å². The average Bonchev–Trinajstić information content (AvgIpc) is 2.55. The van der Waals surface area contributed by atoms with Crippen LogP contribution >= 0.6 is 11.3 Å². The van der Waals surface area contributed by atoms with Crippen LogP contribution in [0.15, 0.2) is 17.5 Å². The molecular weight excluding hydrogens is 170 g/mol. The average molecular weight is 183 g/mol. The second kappa shape index (κ2) is 4.38. The molecule has 1 heterocycles. The Labute approximate surface area is 76.8 Å². The van der Waals surface area contributed by atoms with Crippen molar-refractivity contribution in [2.75, 3.05) is 13.6 Å². The zero-order chi connectivity index (χ0) is 8.97. The van der Waals surface area contributed by atoms with Crippen molar-refractivity contribution in [3.8, 4) is 0 Å². The highest BCUT2D eigenvalue weighted by molar-refractivity contribution is 7.10. The molecule has 1 aromatic heterocycles. The Morgan fingerprint density at radius 3 is 3.00 bits per heavy atom. The summed E-state index contributed by atoms with van der Waals surface area (Å²) in [5, 5.41) is 2.06. The number of nitrogens with zero attached hydrogens (tertiary/aromatic N) is 1. The molecule has 1 atom stereocenters. The second-order valence-corrected chi connectivity index (χ2v) is 3.78. The summed E-state index contributed by atoms with van der Waals surface area (Å²) in [5.41, 5.74) is 0. The van der Waals surface area contributed by atoms with Crippen LogP contribution in [-0.4, -0.2) is 24.8 Å². The third-order valence-corrected chi connectivity index (χ3v) is 3.02. The third kappa shape index (κ3) is 2.16. The first kappa shape index (κ1) is 9.42. The lowest BCUT2D eigenvalue weighted by molar-refractivity contribution is -0.109.